The van der Waals surface area contributed by atoms with E-state index in [-0.39, 0.29) is 18.0 Å². The molecule has 0 aliphatic heterocycles. The van der Waals surface area contributed by atoms with Gasteiger partial charge >= 0.3 is 5.97 Å². The van der Waals surface area contributed by atoms with Gasteiger partial charge in [-0.15, -0.1) is 5.10 Å². The number of hydrogen-bond acceptors (Lipinski definition) is 5. The first-order valence-electron chi connectivity index (χ1n) is 5.63. The molecule has 0 atom stereocenters. The molecule has 0 spiro atoms. The van der Waals surface area contributed by atoms with Crippen LogP contribution in [-0.2, 0) is 27.9 Å². The van der Waals surface area contributed by atoms with Crippen molar-refractivity contribution < 1.29 is 18.3 Å². The van der Waals surface area contributed by atoms with Crippen molar-refractivity contribution in [1.29, 1.82) is 0 Å². The first-order chi connectivity index (χ1) is 9.47. The molecule has 0 radical (unpaired) electrons. The largest absolute Gasteiger partial charge is 0.480 e. The van der Waals surface area contributed by atoms with Gasteiger partial charge in [-0.2, -0.15) is 0 Å². The molecular weight excluding hydrogens is 284 g/mol. The average Bonchev–Trinajstić information content (AvgIpc) is 2.84. The second-order valence-electron chi connectivity index (χ2n) is 3.94. The fourth-order valence-corrected chi connectivity index (χ4v) is 2.51. The van der Waals surface area contributed by atoms with Crippen molar-refractivity contribution in [3.63, 3.8) is 0 Å². The molecule has 20 heavy (non-hydrogen) atoms. The van der Waals surface area contributed by atoms with Crippen LogP contribution in [-0.4, -0.2) is 34.5 Å². The predicted molar refractivity (Wildman–Crippen MR) is 68.1 cm³/mol. The van der Waals surface area contributed by atoms with Gasteiger partial charge in [-0.05, 0) is 12.1 Å². The number of benzene rings is 1. The molecule has 0 aliphatic rings. The van der Waals surface area contributed by atoms with Crippen LogP contribution in [0.25, 0.3) is 0 Å². The van der Waals surface area contributed by atoms with Crippen LogP contribution in [0.1, 0.15) is 5.69 Å². The molecule has 1 aromatic heterocycles. The van der Waals surface area contributed by atoms with Gasteiger partial charge < -0.3 is 5.11 Å². The van der Waals surface area contributed by atoms with Gasteiger partial charge in [0, 0.05) is 0 Å². The van der Waals surface area contributed by atoms with Crippen molar-refractivity contribution in [1.82, 2.24) is 19.7 Å². The highest BCUT2D eigenvalue weighted by Gasteiger charge is 2.14. The number of carboxylic acids is 1. The summed E-state index contributed by atoms with van der Waals surface area (Å²) in [4.78, 5) is 10.6. The van der Waals surface area contributed by atoms with E-state index < -0.39 is 16.0 Å². The van der Waals surface area contributed by atoms with E-state index in [2.05, 4.69) is 15.0 Å². The second kappa shape index (κ2) is 5.80. The summed E-state index contributed by atoms with van der Waals surface area (Å²) >= 11 is 0. The lowest BCUT2D eigenvalue weighted by molar-refractivity contribution is -0.137. The molecule has 0 unspecified atom stereocenters. The Hall–Kier alpha value is -2.26. The van der Waals surface area contributed by atoms with Gasteiger partial charge in [-0.1, -0.05) is 23.4 Å². The minimum absolute atomic E-state index is 0.0587. The Balaban J connectivity index is 2.02. The first kappa shape index (κ1) is 14.2. The fourth-order valence-electron chi connectivity index (χ4n) is 1.49. The Kier molecular flexibility index (Phi) is 4.11. The van der Waals surface area contributed by atoms with Gasteiger partial charge in [0.05, 0.1) is 23.3 Å². The molecule has 106 valence electrons. The molecule has 8 nitrogen and oxygen atoms in total. The van der Waals surface area contributed by atoms with Crippen molar-refractivity contribution in [2.75, 3.05) is 0 Å². The Labute approximate surface area is 115 Å². The number of aromatic nitrogens is 3. The molecule has 2 N–H and O–H groups in total. The number of carboxylic acid groups (broad SMARTS) is 1. The lowest BCUT2D eigenvalue weighted by atomic mass is 10.4. The van der Waals surface area contributed by atoms with Crippen molar-refractivity contribution >= 4 is 16.0 Å². The molecule has 1 aromatic carbocycles. The standard InChI is InChI=1S/C11H12N4O4S/c16-11(17)8-15-7-9(13-14-15)6-12-20(18,19)10-4-2-1-3-5-10/h1-5,7,12H,6,8H2,(H,16,17). The number of aliphatic carboxylic acids is 1. The number of nitrogens with zero attached hydrogens (tertiary/aromatic N) is 3. The predicted octanol–water partition coefficient (Wildman–Crippen LogP) is -0.159. The Morgan fingerprint density at radius 2 is 2.00 bits per heavy atom. The molecule has 2 aromatic rings. The van der Waals surface area contributed by atoms with Crippen LogP contribution < -0.4 is 4.72 Å². The van der Waals surface area contributed by atoms with E-state index >= 15 is 0 Å². The van der Waals surface area contributed by atoms with E-state index in [0.29, 0.717) is 5.69 Å². The maximum absolute atomic E-state index is 11.9. The van der Waals surface area contributed by atoms with Crippen molar-refractivity contribution in [3.05, 3.63) is 42.2 Å². The van der Waals surface area contributed by atoms with Crippen molar-refractivity contribution in [2.24, 2.45) is 0 Å². The SMILES string of the molecule is O=C(O)Cn1cc(CNS(=O)(=O)c2ccccc2)nn1. The molecule has 2 rings (SSSR count). The third kappa shape index (κ3) is 3.62. The zero-order valence-electron chi connectivity index (χ0n) is 10.3. The van der Waals surface area contributed by atoms with Crippen LogP contribution >= 0.6 is 0 Å². The van der Waals surface area contributed by atoms with Crippen LogP contribution in [0.5, 0.6) is 0 Å². The number of rotatable bonds is 6. The topological polar surface area (TPSA) is 114 Å². The molecule has 9 heteroatoms. The van der Waals surface area contributed by atoms with Crippen LogP contribution in [0.2, 0.25) is 0 Å². The summed E-state index contributed by atoms with van der Waals surface area (Å²) in [6, 6.07) is 7.92. The molecule has 0 saturated heterocycles. The summed E-state index contributed by atoms with van der Waals surface area (Å²) in [5.41, 5.74) is 0.339. The van der Waals surface area contributed by atoms with Crippen molar-refractivity contribution in [2.45, 2.75) is 18.0 Å². The highest BCUT2D eigenvalue weighted by molar-refractivity contribution is 7.89. The van der Waals surface area contributed by atoms with Gasteiger partial charge in [-0.3, -0.25) is 4.79 Å². The normalized spacial score (nSPS) is 11.4. The smallest absolute Gasteiger partial charge is 0.325 e. The molecule has 0 saturated carbocycles. The third-order valence-corrected chi connectivity index (χ3v) is 3.80. The second-order valence-corrected chi connectivity index (χ2v) is 5.71. The van der Waals surface area contributed by atoms with Crippen LogP contribution in [0.15, 0.2) is 41.4 Å². The van der Waals surface area contributed by atoms with Gasteiger partial charge in [0.25, 0.3) is 0 Å². The lowest BCUT2D eigenvalue weighted by Crippen LogP contribution is -2.23. The zero-order valence-corrected chi connectivity index (χ0v) is 11.1. The average molecular weight is 296 g/mol. The Morgan fingerprint density at radius 3 is 2.65 bits per heavy atom. The van der Waals surface area contributed by atoms with Crippen LogP contribution in [0, 0.1) is 0 Å². The number of hydrogen-bond donors (Lipinski definition) is 2. The highest BCUT2D eigenvalue weighted by Crippen LogP contribution is 2.07. The number of carbonyl (C=O) groups is 1. The zero-order chi connectivity index (χ0) is 14.6. The minimum Gasteiger partial charge on any atom is -0.480 e. The van der Waals surface area contributed by atoms with Gasteiger partial charge in [0.15, 0.2) is 0 Å². The number of nitrogens with one attached hydrogen (secondary N) is 1. The minimum atomic E-state index is -3.62. The maximum Gasteiger partial charge on any atom is 0.325 e. The molecule has 0 bridgehead atoms. The summed E-state index contributed by atoms with van der Waals surface area (Å²) in [7, 11) is -3.62. The number of sulfonamides is 1. The summed E-state index contributed by atoms with van der Waals surface area (Å²) < 4.78 is 27.3. The summed E-state index contributed by atoms with van der Waals surface area (Å²) in [5, 5.41) is 15.9. The fraction of sp³-hybridized carbons (Fsp3) is 0.182. The van der Waals surface area contributed by atoms with Crippen molar-refractivity contribution in [3.8, 4) is 0 Å². The van der Waals surface area contributed by atoms with E-state index in [0.717, 1.165) is 4.68 Å². The lowest BCUT2D eigenvalue weighted by Gasteiger charge is -2.04. The third-order valence-electron chi connectivity index (χ3n) is 2.38. The Bertz CT molecular complexity index is 696. The first-order valence-corrected chi connectivity index (χ1v) is 7.11. The van der Waals surface area contributed by atoms with E-state index in [9.17, 15) is 13.2 Å². The van der Waals surface area contributed by atoms with E-state index in [1.165, 1.54) is 18.3 Å². The van der Waals surface area contributed by atoms with Crippen LogP contribution in [0.4, 0.5) is 0 Å². The maximum atomic E-state index is 11.9. The quantitative estimate of drug-likeness (QED) is 0.765. The molecule has 1 heterocycles. The van der Waals surface area contributed by atoms with E-state index in [1.54, 1.807) is 18.2 Å². The van der Waals surface area contributed by atoms with Gasteiger partial charge in [-0.25, -0.2) is 17.8 Å². The van der Waals surface area contributed by atoms with Gasteiger partial charge in [0.1, 0.15) is 6.54 Å². The highest BCUT2D eigenvalue weighted by atomic mass is 32.2. The van der Waals surface area contributed by atoms with Gasteiger partial charge in [0.2, 0.25) is 10.0 Å². The summed E-state index contributed by atoms with van der Waals surface area (Å²) in [6.45, 7) is -0.380. The molecular formula is C11H12N4O4S. The monoisotopic (exact) mass is 296 g/mol. The molecule has 0 aliphatic carbocycles. The van der Waals surface area contributed by atoms with Crippen LogP contribution in [0.3, 0.4) is 0 Å². The van der Waals surface area contributed by atoms with E-state index in [1.807, 2.05) is 0 Å². The summed E-state index contributed by atoms with van der Waals surface area (Å²) in [5.74, 6) is -1.05. The van der Waals surface area contributed by atoms with E-state index in [4.69, 9.17) is 5.11 Å². The molecule has 0 amide bonds. The summed E-state index contributed by atoms with van der Waals surface area (Å²) in [6.07, 6.45) is 1.38. The Morgan fingerprint density at radius 1 is 1.30 bits per heavy atom. The molecule has 0 fully saturated rings.